The molecule has 0 bridgehead atoms. The molecule has 46 heteroatoms. The van der Waals surface area contributed by atoms with E-state index in [1.165, 1.54) is 88.4 Å². The van der Waals surface area contributed by atoms with E-state index in [1.807, 2.05) is 74.2 Å². The van der Waals surface area contributed by atoms with Crippen molar-refractivity contribution in [1.29, 1.82) is 0 Å². The van der Waals surface area contributed by atoms with E-state index in [0.29, 0.717) is 113 Å². The van der Waals surface area contributed by atoms with Gasteiger partial charge in [-0.2, -0.15) is 13.2 Å². The standard InChI is InChI=1S/C11H8F3N3O2.C11H11N3O2.C10H9N3O2.C9H13N.C8H17O2P.C7H7ClFN.C7H10N2O2.C7H12N2.C6H9N3O.C6H13O2P.C5H9NO.C5H11N.C5H13N.C3H9NO2S/c1-15-7-8(10(19)9(7)18)17-6-4-5(2-3-16-6)11(12,13)14;1-12-8-9(11(16)10(8)15)14-6-7-2-4-13-5-3-7;1-11-7-8(10(15)9(7)14)13-6-3-2-4-12-5-6;1-8-4-3-5-9(6-8)7-10-2;1-3-10-11(9,4-2)7-8-5-6-8;1-10-5-2-3-6(8)7(9)4-5;1-3-9-5-4(8-2)6(10)7(5)11;1-5(2)7-8-4-6(3)9-7;1-4-3-5(10)9-6(7-2)8-4;1-2-9(7,8)5-6-3-4-6;1-6-4-2-3-5(6)7;1-6-5-3-2-4-5;1-5(2)4-6-3;1-3-7(5,6)4-2/h2-4,15H,1H3,(H,16,17);2-5,12,14H,6H2,1H3;2-5,11,13H,1H3;3-6,10H,7H2,1-2H3;8H,3-7H2,1-2H3;2-4,10H,1H3;8-9H,3H2,1-2H3;4-5H,1-3H3,(H,8,9);3H,1-2H3,(H2,7,8,9,10);6H,2-5H2,1H3,(H,7,8);2-4H2,1H3;5-6H,2-4H2,1H3;5-6H,4H2,1-3H3;4H,3H2,1-2H3. The molecule has 15 rings (SSSR count). The van der Waals surface area contributed by atoms with E-state index in [1.54, 1.807) is 104 Å². The summed E-state index contributed by atoms with van der Waals surface area (Å²) < 4.78 is 101. The zero-order valence-corrected chi connectivity index (χ0v) is 91.4. The van der Waals surface area contributed by atoms with Crippen LogP contribution in [-0.4, -0.2) is 199 Å². The molecule has 0 spiro atoms. The molecule has 6 heterocycles. The molecule has 17 N–H and O–H groups in total. The number of nitrogens with one attached hydrogen (secondary N) is 16. The predicted molar refractivity (Wildman–Crippen MR) is 587 cm³/mol. The van der Waals surface area contributed by atoms with Crippen LogP contribution in [0.15, 0.2) is 165 Å². The molecule has 2 unspecified atom stereocenters. The van der Waals surface area contributed by atoms with Crippen molar-refractivity contribution in [2.24, 2.45) is 17.8 Å². The quantitative estimate of drug-likeness (QED) is 0.0109. The largest absolute Gasteiger partial charge is 0.416 e. The number of amides is 1. The number of pyridine rings is 3. The van der Waals surface area contributed by atoms with Gasteiger partial charge in [0.25, 0.3) is 49.0 Å². The van der Waals surface area contributed by atoms with E-state index < -0.39 is 85.7 Å². The number of rotatable bonds is 31. The van der Waals surface area contributed by atoms with Crippen LogP contribution < -0.4 is 123 Å². The van der Waals surface area contributed by atoms with E-state index in [0.717, 1.165) is 91.7 Å². The number of halogens is 5. The van der Waals surface area contributed by atoms with Gasteiger partial charge >= 0.3 is 6.18 Å². The lowest BCUT2D eigenvalue weighted by molar-refractivity contribution is -0.137. The zero-order valence-electron chi connectivity index (χ0n) is 88.0. The van der Waals surface area contributed by atoms with Gasteiger partial charge in [0.1, 0.15) is 63.0 Å². The number of nitrogens with zero attached hydrogens (tertiary/aromatic N) is 6. The summed E-state index contributed by atoms with van der Waals surface area (Å²) in [5.74, 6) is 4.08. The third-order valence-corrected chi connectivity index (χ3v) is 28.0. The van der Waals surface area contributed by atoms with E-state index in [2.05, 4.69) is 168 Å². The first-order valence-corrected chi connectivity index (χ1v) is 54.0. The first-order chi connectivity index (χ1) is 69.0. The minimum Gasteiger partial charge on any atom is -0.388 e. The van der Waals surface area contributed by atoms with Crippen molar-refractivity contribution in [2.75, 3.05) is 187 Å². The number of aromatic nitrogens is 7. The van der Waals surface area contributed by atoms with Gasteiger partial charge in [-0.15, -0.1) is 0 Å². The van der Waals surface area contributed by atoms with Crippen LogP contribution >= 0.6 is 26.3 Å². The topological polar surface area (TPSA) is 536 Å². The Bertz CT molecular complexity index is 6290. The highest BCUT2D eigenvalue weighted by molar-refractivity contribution is 7.89. The van der Waals surface area contributed by atoms with Crippen molar-refractivity contribution < 1.29 is 49.3 Å². The highest BCUT2D eigenvalue weighted by atomic mass is 35.5. The third kappa shape index (κ3) is 48.5. The number of aryl methyl sites for hydroxylation is 3. The van der Waals surface area contributed by atoms with Gasteiger partial charge in [0, 0.05) is 173 Å². The number of imidazole rings is 1. The highest BCUT2D eigenvalue weighted by Gasteiger charge is 2.34. The SMILES string of the molecule is CCNc1c(NC)c(=O)c1=O.CCOP(=O)(CC)CC1CC1.CCP(=O)(O)CC1CC1.CCS(=O)(=O)NC.CN1CCCC1=O.CNC1CCC1.CNCC(C)C.CNCc1cccc(C)c1.CNc1c(NCc2ccncc2)c(=O)c1=O.CNc1c(Nc2cc(C(F)(F)F)ccn2)c(=O)c1=O.CNc1c(Nc2cccnc2)c(=O)c1=O.CNc1ccc(Cl)c(F)c1.CNc1nc(C)cc(=O)[nH]1.Cc1cnc(C(C)C)[nH]1. The first-order valence-electron chi connectivity index (χ1n) is 48.0. The van der Waals surface area contributed by atoms with Crippen LogP contribution in [0.4, 0.5) is 86.2 Å². The Hall–Kier alpha value is -12.1. The molecule has 4 fully saturated rings. The second kappa shape index (κ2) is 67.7. The summed E-state index contributed by atoms with van der Waals surface area (Å²) >= 11 is 5.43. The molecule has 2 atom stereocenters. The van der Waals surface area contributed by atoms with Crippen LogP contribution in [0.1, 0.15) is 165 Å². The van der Waals surface area contributed by atoms with Gasteiger partial charge in [0.2, 0.25) is 36.6 Å². The second-order valence-electron chi connectivity index (χ2n) is 34.1. The molecule has 4 aliphatic rings. The zero-order chi connectivity index (χ0) is 110. The van der Waals surface area contributed by atoms with Gasteiger partial charge < -0.3 is 88.4 Å². The number of carbonyl (C=O) groups excluding carboxylic acids is 1. The summed E-state index contributed by atoms with van der Waals surface area (Å²) in [6.07, 6.45) is 18.4. The molecule has 38 nitrogen and oxygen atoms in total. The van der Waals surface area contributed by atoms with E-state index in [4.69, 9.17) is 21.0 Å². The van der Waals surface area contributed by atoms with E-state index >= 15 is 0 Å². The average Bonchev–Trinajstić information content (AvgIpc) is 1.23. The molecule has 3 saturated carbocycles. The van der Waals surface area contributed by atoms with Crippen molar-refractivity contribution in [1.82, 2.24) is 60.5 Å². The van der Waals surface area contributed by atoms with Crippen LogP contribution in [0.25, 0.3) is 0 Å². The summed E-state index contributed by atoms with van der Waals surface area (Å²) in [6, 6.07) is 24.2. The Balaban J connectivity index is 0.000000538. The number of anilines is 12. The molecule has 1 aliphatic heterocycles. The lowest BCUT2D eigenvalue weighted by atomic mass is 9.94. The molecule has 3 aliphatic carbocycles. The summed E-state index contributed by atoms with van der Waals surface area (Å²) in [7, 11) is 11.1. The maximum Gasteiger partial charge on any atom is 0.416 e. The molecule has 1 amide bonds. The number of likely N-dealkylation sites (tertiary alicyclic amines) is 1. The summed E-state index contributed by atoms with van der Waals surface area (Å²) in [5.41, 5.74) is 3.79. The Morgan fingerprint density at radius 1 is 0.562 bits per heavy atom. The van der Waals surface area contributed by atoms with Crippen LogP contribution in [-0.2, 0) is 47.7 Å². The number of alkyl halides is 3. The van der Waals surface area contributed by atoms with E-state index in [-0.39, 0.29) is 33.5 Å². The van der Waals surface area contributed by atoms with Gasteiger partial charge in [-0.25, -0.2) is 32.5 Å². The highest BCUT2D eigenvalue weighted by Crippen LogP contribution is 2.53. The molecule has 808 valence electrons. The Kier molecular flexibility index (Phi) is 60.3. The molecular weight excluding hydrogens is 1970 g/mol. The van der Waals surface area contributed by atoms with Crippen LogP contribution in [0.3, 0.4) is 0 Å². The van der Waals surface area contributed by atoms with Crippen molar-refractivity contribution in [3.63, 3.8) is 0 Å². The monoisotopic (exact) mass is 2120 g/mol. The maximum atomic E-state index is 12.6. The lowest BCUT2D eigenvalue weighted by Gasteiger charge is -2.23. The normalized spacial score (nSPS) is 13.3. The third-order valence-electron chi connectivity index (χ3n) is 21.5. The smallest absolute Gasteiger partial charge is 0.388 e. The summed E-state index contributed by atoms with van der Waals surface area (Å²) in [5, 5.41) is 36.6. The van der Waals surface area contributed by atoms with Gasteiger partial charge in [0.15, 0.2) is 0 Å². The van der Waals surface area contributed by atoms with Gasteiger partial charge in [-0.3, -0.25) is 72.0 Å². The number of H-pyrrole nitrogens is 2. The van der Waals surface area contributed by atoms with Crippen LogP contribution in [0.2, 0.25) is 5.02 Å². The number of benzene rings is 2. The fraction of sp³-hybridized carbons (Fsp3) is 0.490. The molecule has 0 radical (unpaired) electrons. The summed E-state index contributed by atoms with van der Waals surface area (Å²) in [4.78, 5) is 146. The summed E-state index contributed by atoms with van der Waals surface area (Å²) in [6.45, 7) is 28.4. The molecule has 146 heavy (non-hydrogen) atoms. The minimum absolute atomic E-state index is 0.0317. The second-order valence-corrected chi connectivity index (χ2v) is 42.3. The number of hydrogen-bond acceptors (Lipinski definition) is 33. The molecule has 11 aromatic rings. The Morgan fingerprint density at radius 2 is 1.12 bits per heavy atom. The lowest BCUT2D eigenvalue weighted by Crippen LogP contribution is -2.36. The minimum atomic E-state index is -4.50. The van der Waals surface area contributed by atoms with Crippen molar-refractivity contribution in [3.05, 3.63) is 265 Å². The number of sulfonamides is 1. The van der Waals surface area contributed by atoms with E-state index in [9.17, 15) is 83.1 Å². The fourth-order valence-corrected chi connectivity index (χ4v) is 16.5. The van der Waals surface area contributed by atoms with Gasteiger partial charge in [-0.1, -0.05) is 89.4 Å². The van der Waals surface area contributed by atoms with Crippen molar-refractivity contribution in [2.45, 2.75) is 172 Å². The fourth-order valence-electron chi connectivity index (χ4n) is 12.5. The number of aromatic amines is 2. The van der Waals surface area contributed by atoms with Crippen molar-refractivity contribution in [3.8, 4) is 0 Å². The first kappa shape index (κ1) is 130. The maximum absolute atomic E-state index is 12.6. The number of hydrogen-bond donors (Lipinski definition) is 17. The van der Waals surface area contributed by atoms with Crippen LogP contribution in [0, 0.1) is 44.3 Å². The molecule has 6 aromatic carbocycles. The predicted octanol–water partition coefficient (Wildman–Crippen LogP) is 14.1. The average molecular weight is 2120 g/mol. The van der Waals surface area contributed by atoms with Crippen LogP contribution in [0.5, 0.6) is 0 Å². The molecule has 1 saturated heterocycles. The van der Waals surface area contributed by atoms with Crippen molar-refractivity contribution >= 4 is 111 Å². The Labute approximate surface area is 857 Å². The van der Waals surface area contributed by atoms with Gasteiger partial charge in [-0.05, 0) is 205 Å². The van der Waals surface area contributed by atoms with Gasteiger partial charge in [0.05, 0.1) is 34.8 Å². The molecular formula is C100H151ClF4N22O16P2S. The molecule has 5 aromatic heterocycles. The Morgan fingerprint density at radius 3 is 1.49 bits per heavy atom. The number of carbonyl (C=O) groups is 1.